The standard InChI is InChI=1S/C16H15N3O4S/c1-7-4-10(9(3)24-7)12-5-11(16(21)22-6-13(17)20)14-8(2)19-23-15(14)18-12/h4-5H,6H2,1-3H3,(H2,17,20). The fraction of sp³-hybridized carbons (Fsp3) is 0.250. The molecule has 2 N–H and O–H groups in total. The Balaban J connectivity index is 2.15. The first-order valence-electron chi connectivity index (χ1n) is 7.16. The number of hydrogen-bond donors (Lipinski definition) is 1. The monoisotopic (exact) mass is 345 g/mol. The third-order valence-electron chi connectivity index (χ3n) is 3.50. The van der Waals surface area contributed by atoms with Crippen molar-refractivity contribution in [3.05, 3.63) is 33.1 Å². The Labute approximate surface area is 141 Å². The fourth-order valence-corrected chi connectivity index (χ4v) is 3.43. The Morgan fingerprint density at radius 1 is 1.29 bits per heavy atom. The van der Waals surface area contributed by atoms with Gasteiger partial charge in [-0.2, -0.15) is 0 Å². The van der Waals surface area contributed by atoms with Gasteiger partial charge in [-0.25, -0.2) is 9.78 Å². The number of pyridine rings is 1. The normalized spacial score (nSPS) is 11.0. The molecule has 0 spiro atoms. The van der Waals surface area contributed by atoms with E-state index in [1.807, 2.05) is 19.9 Å². The molecule has 0 radical (unpaired) electrons. The van der Waals surface area contributed by atoms with Crippen LogP contribution in [0.4, 0.5) is 0 Å². The van der Waals surface area contributed by atoms with Gasteiger partial charge in [-0.3, -0.25) is 4.79 Å². The number of nitrogens with two attached hydrogens (primary N) is 1. The number of thiophene rings is 1. The van der Waals surface area contributed by atoms with E-state index in [0.717, 1.165) is 15.3 Å². The Morgan fingerprint density at radius 3 is 2.67 bits per heavy atom. The van der Waals surface area contributed by atoms with Crippen molar-refractivity contribution in [3.63, 3.8) is 0 Å². The van der Waals surface area contributed by atoms with Crippen LogP contribution in [0.2, 0.25) is 0 Å². The minimum absolute atomic E-state index is 0.248. The van der Waals surface area contributed by atoms with Crippen LogP contribution in [0.5, 0.6) is 0 Å². The van der Waals surface area contributed by atoms with Crippen molar-refractivity contribution < 1.29 is 18.8 Å². The lowest BCUT2D eigenvalue weighted by Crippen LogP contribution is -2.21. The molecule has 0 aliphatic rings. The molecular formula is C16H15N3O4S. The number of aromatic nitrogens is 2. The summed E-state index contributed by atoms with van der Waals surface area (Å²) in [4.78, 5) is 29.9. The van der Waals surface area contributed by atoms with Gasteiger partial charge in [-0.1, -0.05) is 5.16 Å². The molecule has 3 aromatic rings. The van der Waals surface area contributed by atoms with Crippen LogP contribution in [0.1, 0.15) is 25.8 Å². The molecule has 0 saturated carbocycles. The molecular weight excluding hydrogens is 330 g/mol. The molecule has 124 valence electrons. The molecule has 0 aliphatic heterocycles. The largest absolute Gasteiger partial charge is 0.452 e. The summed E-state index contributed by atoms with van der Waals surface area (Å²) in [5.74, 6) is -1.39. The van der Waals surface area contributed by atoms with Gasteiger partial charge in [0.25, 0.3) is 11.6 Å². The Kier molecular flexibility index (Phi) is 4.06. The number of nitrogens with zero attached hydrogens (tertiary/aromatic N) is 2. The van der Waals surface area contributed by atoms with Gasteiger partial charge in [0.1, 0.15) is 0 Å². The molecule has 8 heteroatoms. The van der Waals surface area contributed by atoms with Crippen molar-refractivity contribution >= 4 is 34.3 Å². The highest BCUT2D eigenvalue weighted by atomic mass is 32.1. The number of esters is 1. The SMILES string of the molecule is Cc1cc(-c2cc(C(=O)OCC(N)=O)c3c(C)noc3n2)c(C)s1. The van der Waals surface area contributed by atoms with Gasteiger partial charge in [0, 0.05) is 15.3 Å². The van der Waals surface area contributed by atoms with Gasteiger partial charge in [0.05, 0.1) is 22.3 Å². The molecule has 3 heterocycles. The van der Waals surface area contributed by atoms with Crippen molar-refractivity contribution in [1.82, 2.24) is 10.1 Å². The lowest BCUT2D eigenvalue weighted by Gasteiger charge is -2.06. The van der Waals surface area contributed by atoms with Crippen molar-refractivity contribution in [1.29, 1.82) is 0 Å². The third kappa shape index (κ3) is 2.88. The van der Waals surface area contributed by atoms with E-state index in [0.29, 0.717) is 16.8 Å². The van der Waals surface area contributed by atoms with E-state index in [9.17, 15) is 9.59 Å². The predicted octanol–water partition coefficient (Wildman–Crippen LogP) is 2.52. The van der Waals surface area contributed by atoms with Gasteiger partial charge in [0.15, 0.2) is 6.61 Å². The third-order valence-corrected chi connectivity index (χ3v) is 4.47. The zero-order valence-electron chi connectivity index (χ0n) is 13.4. The number of hydrogen-bond acceptors (Lipinski definition) is 7. The summed E-state index contributed by atoms with van der Waals surface area (Å²) in [5.41, 5.74) is 7.55. The topological polar surface area (TPSA) is 108 Å². The molecule has 1 amide bonds. The van der Waals surface area contributed by atoms with E-state index in [2.05, 4.69) is 10.1 Å². The van der Waals surface area contributed by atoms with Gasteiger partial charge >= 0.3 is 5.97 Å². The maximum Gasteiger partial charge on any atom is 0.339 e. The Hall–Kier alpha value is -2.74. The second kappa shape index (κ2) is 6.04. The van der Waals surface area contributed by atoms with E-state index in [4.69, 9.17) is 15.0 Å². The highest BCUT2D eigenvalue weighted by molar-refractivity contribution is 7.12. The molecule has 0 aliphatic carbocycles. The Morgan fingerprint density at radius 2 is 2.04 bits per heavy atom. The summed E-state index contributed by atoms with van der Waals surface area (Å²) < 4.78 is 10.2. The molecule has 0 aromatic carbocycles. The van der Waals surface area contributed by atoms with Gasteiger partial charge in [-0.05, 0) is 32.9 Å². The molecule has 7 nitrogen and oxygen atoms in total. The van der Waals surface area contributed by atoms with Crippen molar-refractivity contribution in [3.8, 4) is 11.3 Å². The summed E-state index contributed by atoms with van der Waals surface area (Å²) in [6, 6.07) is 3.63. The van der Waals surface area contributed by atoms with Crippen LogP contribution in [0.3, 0.4) is 0 Å². The lowest BCUT2D eigenvalue weighted by atomic mass is 10.1. The molecule has 0 fully saturated rings. The van der Waals surface area contributed by atoms with Gasteiger partial charge < -0.3 is 15.0 Å². The maximum absolute atomic E-state index is 12.4. The molecule has 0 saturated heterocycles. The van der Waals surface area contributed by atoms with Crippen molar-refractivity contribution in [2.75, 3.05) is 6.61 Å². The van der Waals surface area contributed by atoms with E-state index in [1.54, 1.807) is 24.3 Å². The van der Waals surface area contributed by atoms with Crippen LogP contribution in [-0.4, -0.2) is 28.6 Å². The predicted molar refractivity (Wildman–Crippen MR) is 88.8 cm³/mol. The number of rotatable bonds is 4. The quantitative estimate of drug-likeness (QED) is 0.728. The van der Waals surface area contributed by atoms with Crippen LogP contribution in [0.25, 0.3) is 22.4 Å². The highest BCUT2D eigenvalue weighted by Crippen LogP contribution is 2.33. The molecule has 0 atom stereocenters. The van der Waals surface area contributed by atoms with Crippen LogP contribution in [-0.2, 0) is 9.53 Å². The first-order valence-corrected chi connectivity index (χ1v) is 7.98. The highest BCUT2D eigenvalue weighted by Gasteiger charge is 2.21. The van der Waals surface area contributed by atoms with Crippen LogP contribution >= 0.6 is 11.3 Å². The summed E-state index contributed by atoms with van der Waals surface area (Å²) in [5, 5.41) is 4.33. The average Bonchev–Trinajstić information content (AvgIpc) is 3.06. The van der Waals surface area contributed by atoms with E-state index >= 15 is 0 Å². The van der Waals surface area contributed by atoms with Gasteiger partial charge in [0.2, 0.25) is 0 Å². The number of fused-ring (bicyclic) bond motifs is 1. The number of carbonyl (C=O) groups excluding carboxylic acids is 2. The number of carbonyl (C=O) groups is 2. The molecule has 0 bridgehead atoms. The van der Waals surface area contributed by atoms with Crippen LogP contribution in [0.15, 0.2) is 16.7 Å². The summed E-state index contributed by atoms with van der Waals surface area (Å²) in [7, 11) is 0. The summed E-state index contributed by atoms with van der Waals surface area (Å²) >= 11 is 1.64. The lowest BCUT2D eigenvalue weighted by molar-refractivity contribution is -0.121. The Bertz CT molecular complexity index is 958. The first kappa shape index (κ1) is 16.1. The van der Waals surface area contributed by atoms with Crippen LogP contribution in [0, 0.1) is 20.8 Å². The maximum atomic E-state index is 12.4. The summed E-state index contributed by atoms with van der Waals surface area (Å²) in [6.07, 6.45) is 0. The number of aryl methyl sites for hydroxylation is 3. The second-order valence-corrected chi connectivity index (χ2v) is 6.83. The van der Waals surface area contributed by atoms with Crippen molar-refractivity contribution in [2.24, 2.45) is 5.73 Å². The molecule has 24 heavy (non-hydrogen) atoms. The second-order valence-electron chi connectivity index (χ2n) is 5.37. The molecule has 3 rings (SSSR count). The van der Waals surface area contributed by atoms with Gasteiger partial charge in [-0.15, -0.1) is 11.3 Å². The molecule has 3 aromatic heterocycles. The summed E-state index contributed by atoms with van der Waals surface area (Å²) in [6.45, 7) is 5.20. The van der Waals surface area contributed by atoms with E-state index in [-0.39, 0.29) is 11.3 Å². The number of primary amides is 1. The number of amides is 1. The zero-order valence-corrected chi connectivity index (χ0v) is 14.2. The smallest absolute Gasteiger partial charge is 0.339 e. The average molecular weight is 345 g/mol. The van der Waals surface area contributed by atoms with Crippen molar-refractivity contribution in [2.45, 2.75) is 20.8 Å². The number of ether oxygens (including phenoxy) is 1. The van der Waals surface area contributed by atoms with Crippen LogP contribution < -0.4 is 5.73 Å². The molecule has 0 unspecified atom stereocenters. The first-order chi connectivity index (χ1) is 11.4. The fourth-order valence-electron chi connectivity index (χ4n) is 2.49. The zero-order chi connectivity index (χ0) is 17.4. The van der Waals surface area contributed by atoms with E-state index in [1.165, 1.54) is 0 Å². The minimum atomic E-state index is -0.722. The minimum Gasteiger partial charge on any atom is -0.452 e. The van der Waals surface area contributed by atoms with E-state index < -0.39 is 18.5 Å².